The largest absolute Gasteiger partial charge is 0.370 e. The van der Waals surface area contributed by atoms with Gasteiger partial charge in [-0.05, 0) is 111 Å². The van der Waals surface area contributed by atoms with Crippen LogP contribution in [0, 0.1) is 32.6 Å². The van der Waals surface area contributed by atoms with Crippen LogP contribution in [0.3, 0.4) is 0 Å². The molecule has 0 aliphatic carbocycles. The number of nitrogens with one attached hydrogen (secondary N) is 1. The van der Waals surface area contributed by atoms with Crippen LogP contribution >= 0.6 is 35.4 Å². The highest BCUT2D eigenvalue weighted by molar-refractivity contribution is 7.80. The van der Waals surface area contributed by atoms with Crippen molar-refractivity contribution in [2.45, 2.75) is 53.1 Å². The molecule has 0 amide bonds. The van der Waals surface area contributed by atoms with Crippen molar-refractivity contribution >= 4 is 51.9 Å². The van der Waals surface area contributed by atoms with E-state index < -0.39 is 0 Å². The van der Waals surface area contributed by atoms with Gasteiger partial charge in [-0.1, -0.05) is 49.2 Å². The van der Waals surface area contributed by atoms with E-state index in [-0.39, 0.29) is 12.1 Å². The first-order valence-electron chi connectivity index (χ1n) is 14.6. The Morgan fingerprint density at radius 1 is 0.905 bits per heavy atom. The molecule has 2 saturated heterocycles. The second-order valence-electron chi connectivity index (χ2n) is 12.1. The van der Waals surface area contributed by atoms with Gasteiger partial charge in [-0.15, -0.1) is 0 Å². The number of benzene rings is 2. The molecule has 0 unspecified atom stereocenters. The van der Waals surface area contributed by atoms with Gasteiger partial charge in [0.25, 0.3) is 0 Å². The zero-order chi connectivity index (χ0) is 29.7. The van der Waals surface area contributed by atoms with E-state index in [1.54, 1.807) is 0 Å². The second-order valence-corrected chi connectivity index (χ2v) is 13.3. The van der Waals surface area contributed by atoms with Crippen LogP contribution in [0.1, 0.15) is 60.6 Å². The summed E-state index contributed by atoms with van der Waals surface area (Å²) in [5, 5.41) is 5.72. The molecule has 0 bridgehead atoms. The summed E-state index contributed by atoms with van der Waals surface area (Å²) in [5.74, 6) is 1.28. The van der Waals surface area contributed by atoms with E-state index >= 15 is 0 Å². The molecule has 218 valence electrons. The fourth-order valence-corrected chi connectivity index (χ4v) is 7.80. The molecule has 4 aromatic rings. The molecule has 1 N–H and O–H groups in total. The fourth-order valence-electron chi connectivity index (χ4n) is 6.99. The Morgan fingerprint density at radius 3 is 2.36 bits per heavy atom. The van der Waals surface area contributed by atoms with E-state index in [2.05, 4.69) is 90.7 Å². The quantitative estimate of drug-likeness (QED) is 0.226. The lowest BCUT2D eigenvalue weighted by atomic mass is 9.91. The minimum atomic E-state index is -0.143. The molecule has 2 aromatic heterocycles. The first-order valence-corrected chi connectivity index (χ1v) is 15.8. The summed E-state index contributed by atoms with van der Waals surface area (Å²) in [6.07, 6.45) is 3.09. The van der Waals surface area contributed by atoms with Gasteiger partial charge in [-0.25, -0.2) is 0 Å². The topological polar surface area (TPSA) is 36.3 Å². The molecule has 42 heavy (non-hydrogen) atoms. The van der Waals surface area contributed by atoms with Gasteiger partial charge in [0.15, 0.2) is 5.11 Å². The molecule has 2 aliphatic heterocycles. The van der Waals surface area contributed by atoms with Gasteiger partial charge < -0.3 is 19.7 Å². The van der Waals surface area contributed by atoms with Gasteiger partial charge in [0.1, 0.15) is 0 Å². The Morgan fingerprint density at radius 2 is 1.67 bits per heavy atom. The summed E-state index contributed by atoms with van der Waals surface area (Å²) in [6, 6.07) is 20.5. The number of aromatic nitrogens is 2. The molecule has 4 atom stereocenters. The first kappa shape index (κ1) is 29.0. The number of hydrogen-bond acceptors (Lipinski definition) is 3. The molecule has 2 aliphatic rings. The number of piperidine rings is 1. The zero-order valence-electron chi connectivity index (χ0n) is 24.7. The molecule has 2 fully saturated rings. The molecule has 8 heteroatoms. The normalized spacial score (nSPS) is 22.5. The van der Waals surface area contributed by atoms with E-state index in [1.807, 2.05) is 30.5 Å². The summed E-state index contributed by atoms with van der Waals surface area (Å²) >= 11 is 19.5. The maximum atomic E-state index is 7.04. The maximum absolute atomic E-state index is 7.04. The van der Waals surface area contributed by atoms with E-state index in [9.17, 15) is 0 Å². The van der Waals surface area contributed by atoms with Crippen molar-refractivity contribution < 1.29 is 0 Å². The van der Waals surface area contributed by atoms with Gasteiger partial charge in [0.2, 0.25) is 0 Å². The van der Waals surface area contributed by atoms with Crippen molar-refractivity contribution in [1.29, 1.82) is 0 Å². The van der Waals surface area contributed by atoms with Crippen molar-refractivity contribution in [2.75, 3.05) is 22.9 Å². The van der Waals surface area contributed by atoms with E-state index in [1.165, 1.54) is 12.0 Å². The minimum Gasteiger partial charge on any atom is -0.370 e. The highest BCUT2D eigenvalue weighted by Gasteiger charge is 2.42. The average Bonchev–Trinajstić information content (AvgIpc) is 3.44. The Kier molecular flexibility index (Phi) is 7.99. The lowest BCUT2D eigenvalue weighted by molar-refractivity contribution is 0.357. The third-order valence-electron chi connectivity index (χ3n) is 8.72. The summed E-state index contributed by atoms with van der Waals surface area (Å²) in [6.45, 7) is 13.1. The number of halogens is 2. The molecular weight excluding hydrogens is 581 g/mol. The van der Waals surface area contributed by atoms with Crippen LogP contribution in [0.25, 0.3) is 5.69 Å². The van der Waals surface area contributed by atoms with Gasteiger partial charge in [0.05, 0.1) is 28.5 Å². The third-order valence-corrected chi connectivity index (χ3v) is 9.57. The summed E-state index contributed by atoms with van der Waals surface area (Å²) < 4.78 is 2.29. The Balaban J connectivity index is 1.45. The Bertz CT molecular complexity index is 1620. The molecule has 2 aromatic carbocycles. The van der Waals surface area contributed by atoms with Crippen molar-refractivity contribution in [3.63, 3.8) is 0 Å². The van der Waals surface area contributed by atoms with Crippen molar-refractivity contribution in [3.8, 4) is 5.69 Å². The van der Waals surface area contributed by atoms with Crippen LogP contribution in [0.15, 0.2) is 66.9 Å². The van der Waals surface area contributed by atoms with Crippen LogP contribution in [0.5, 0.6) is 0 Å². The van der Waals surface area contributed by atoms with Crippen LogP contribution in [-0.4, -0.2) is 27.8 Å². The van der Waals surface area contributed by atoms with Crippen molar-refractivity contribution in [2.24, 2.45) is 11.8 Å². The number of pyridine rings is 1. The number of rotatable bonds is 5. The van der Waals surface area contributed by atoms with Crippen LogP contribution in [0.4, 0.5) is 11.4 Å². The molecule has 4 heterocycles. The van der Waals surface area contributed by atoms with Gasteiger partial charge >= 0.3 is 0 Å². The van der Waals surface area contributed by atoms with Crippen LogP contribution in [-0.2, 0) is 0 Å². The highest BCUT2D eigenvalue weighted by Crippen LogP contribution is 2.45. The van der Waals surface area contributed by atoms with Crippen molar-refractivity contribution in [3.05, 3.63) is 105 Å². The Labute approximate surface area is 264 Å². The summed E-state index contributed by atoms with van der Waals surface area (Å²) in [5.41, 5.74) is 8.68. The highest BCUT2D eigenvalue weighted by atomic mass is 35.5. The second kappa shape index (κ2) is 11.6. The molecule has 5 nitrogen and oxygen atoms in total. The number of anilines is 2. The minimum absolute atomic E-state index is 0.135. The third kappa shape index (κ3) is 5.29. The standard InChI is InChI=1S/C34H37Cl2N5S/c1-20-14-21(2)19-39(18-20)30-12-11-26(17-28(30)36)41-33(32(38-34(41)42)29-8-6-7-13-37-29)27-15-23(4)40(24(27)5)31-16-25(35)10-9-22(31)3/h6-13,15-17,20-21,32-33H,14,18-19H2,1-5H3,(H,38,42)/t20-,21+,32-,33+/m1/s1. The van der Waals surface area contributed by atoms with E-state index in [0.717, 1.165) is 57.8 Å². The molecule has 0 radical (unpaired) electrons. The lowest BCUT2D eigenvalue weighted by Crippen LogP contribution is -2.38. The molecule has 6 rings (SSSR count). The number of thiocarbonyl (C=S) groups is 1. The number of nitrogens with zero attached hydrogens (tertiary/aromatic N) is 4. The fraction of sp³-hybridized carbons (Fsp3) is 0.353. The van der Waals surface area contributed by atoms with Gasteiger partial charge in [-0.3, -0.25) is 4.98 Å². The first-order chi connectivity index (χ1) is 20.1. The monoisotopic (exact) mass is 617 g/mol. The summed E-state index contributed by atoms with van der Waals surface area (Å²) in [7, 11) is 0. The number of hydrogen-bond donors (Lipinski definition) is 1. The zero-order valence-corrected chi connectivity index (χ0v) is 27.1. The SMILES string of the molecule is Cc1ccc(Cl)cc1-n1c(C)cc([C@H]2[C@@H](c3ccccn3)NC(=S)N2c2ccc(N3C[C@H](C)C[C@H](C)C3)c(Cl)c2)c1C. The molecular formula is C34H37Cl2N5S. The van der Waals surface area contributed by atoms with Crippen molar-refractivity contribution in [1.82, 2.24) is 14.9 Å². The van der Waals surface area contributed by atoms with E-state index in [4.69, 9.17) is 40.4 Å². The van der Waals surface area contributed by atoms with Crippen LogP contribution in [0.2, 0.25) is 10.0 Å². The predicted molar refractivity (Wildman–Crippen MR) is 180 cm³/mol. The average molecular weight is 619 g/mol. The molecule has 0 spiro atoms. The summed E-state index contributed by atoms with van der Waals surface area (Å²) in [4.78, 5) is 9.39. The van der Waals surface area contributed by atoms with E-state index in [0.29, 0.717) is 22.0 Å². The number of aryl methyl sites for hydroxylation is 2. The maximum Gasteiger partial charge on any atom is 0.174 e. The lowest BCUT2D eigenvalue weighted by Gasteiger charge is -2.37. The van der Waals surface area contributed by atoms with Gasteiger partial charge in [0, 0.05) is 47.1 Å². The molecule has 0 saturated carbocycles. The predicted octanol–water partition coefficient (Wildman–Crippen LogP) is 8.76. The van der Waals surface area contributed by atoms with Gasteiger partial charge in [-0.2, -0.15) is 0 Å². The van der Waals surface area contributed by atoms with Crippen LogP contribution < -0.4 is 15.1 Å². The smallest absolute Gasteiger partial charge is 0.174 e. The Hall–Kier alpha value is -3.06.